The van der Waals surface area contributed by atoms with E-state index >= 15 is 0 Å². The van der Waals surface area contributed by atoms with Gasteiger partial charge in [0.05, 0.1) is 16.6 Å². The smallest absolute Gasteiger partial charge is 0.317 e. The van der Waals surface area contributed by atoms with E-state index in [9.17, 15) is 4.79 Å². The maximum absolute atomic E-state index is 13.2. The van der Waals surface area contributed by atoms with Crippen molar-refractivity contribution in [1.82, 2.24) is 13.8 Å². The lowest BCUT2D eigenvalue weighted by molar-refractivity contribution is 0.819. The van der Waals surface area contributed by atoms with Gasteiger partial charge in [0.15, 0.2) is 0 Å². The second kappa shape index (κ2) is 4.02. The minimum absolute atomic E-state index is 0.0277. The number of hydrogen-bond donors (Lipinski definition) is 0. The van der Waals surface area contributed by atoms with Gasteiger partial charge in [-0.05, 0) is 41.2 Å². The monoisotopic (exact) mass is 333 g/mol. The Balaban J connectivity index is 1.78. The lowest BCUT2D eigenvalue weighted by Gasteiger charge is -2.23. The quantitative estimate of drug-likeness (QED) is 0.391. The van der Waals surface area contributed by atoms with E-state index in [2.05, 4.69) is 51.8 Å². The van der Waals surface area contributed by atoms with Crippen LogP contribution in [0.4, 0.5) is 0 Å². The largest absolute Gasteiger partial charge is 0.353 e. The molecule has 2 aliphatic heterocycles. The number of fused-ring (bicyclic) bond motifs is 7. The van der Waals surface area contributed by atoms with Crippen molar-refractivity contribution < 1.29 is 0 Å². The number of hydrogen-bond acceptors (Lipinski definition) is 1. The average Bonchev–Trinajstić information content (AvgIpc) is 3.34. The molecule has 0 N–H and O–H groups in total. The molecule has 0 bridgehead atoms. The van der Waals surface area contributed by atoms with Crippen molar-refractivity contribution in [3.63, 3.8) is 0 Å². The van der Waals surface area contributed by atoms with Gasteiger partial charge in [0.1, 0.15) is 0 Å². The molecule has 0 fully saturated rings. The van der Waals surface area contributed by atoms with E-state index in [0.717, 1.165) is 16.6 Å². The predicted octanol–water partition coefficient (Wildman–Crippen LogP) is 2.02. The molecule has 0 atom stereocenters. The minimum Gasteiger partial charge on any atom is -0.317 e. The fourth-order valence-corrected chi connectivity index (χ4v) is 4.92. The Morgan fingerprint density at radius 3 is 2.62 bits per heavy atom. The van der Waals surface area contributed by atoms with Crippen LogP contribution in [0.25, 0.3) is 33.2 Å². The van der Waals surface area contributed by atoms with Crippen LogP contribution >= 0.6 is 0 Å². The Hall–Kier alpha value is -3.47. The second-order valence-electron chi connectivity index (χ2n) is 7.06. The fourth-order valence-electron chi connectivity index (χ4n) is 4.92. The highest BCUT2D eigenvalue weighted by atomic mass is 16.1. The number of para-hydroxylation sites is 2. The molecular formula is C21H12BN3O. The lowest BCUT2D eigenvalue weighted by atomic mass is 9.49. The predicted molar refractivity (Wildman–Crippen MR) is 105 cm³/mol. The molecule has 5 aromatic rings. The molecule has 4 heterocycles. The first-order valence-corrected chi connectivity index (χ1v) is 8.80. The number of aromatic nitrogens is 3. The Bertz CT molecular complexity index is 1470. The zero-order valence-corrected chi connectivity index (χ0v) is 13.8. The van der Waals surface area contributed by atoms with Gasteiger partial charge in [-0.1, -0.05) is 36.4 Å². The molecule has 0 radical (unpaired) electrons. The Labute approximate surface area is 148 Å². The van der Waals surface area contributed by atoms with Crippen molar-refractivity contribution in [3.05, 3.63) is 83.3 Å². The van der Waals surface area contributed by atoms with Gasteiger partial charge < -0.3 is 9.16 Å². The summed E-state index contributed by atoms with van der Waals surface area (Å²) in [6, 6.07) is 22.8. The lowest BCUT2D eigenvalue weighted by Crippen LogP contribution is -2.50. The van der Waals surface area contributed by atoms with E-state index in [0.29, 0.717) is 0 Å². The Morgan fingerprint density at radius 2 is 1.65 bits per heavy atom. The van der Waals surface area contributed by atoms with E-state index < -0.39 is 0 Å². The van der Waals surface area contributed by atoms with Crippen LogP contribution in [0.2, 0.25) is 0 Å². The highest BCUT2D eigenvalue weighted by Gasteiger charge is 2.42. The average molecular weight is 333 g/mol. The Kier molecular flexibility index (Phi) is 1.98. The summed E-state index contributed by atoms with van der Waals surface area (Å²) in [5, 5.41) is 2.01. The third-order valence-corrected chi connectivity index (χ3v) is 5.89. The second-order valence-corrected chi connectivity index (χ2v) is 7.06. The Morgan fingerprint density at radius 1 is 0.808 bits per heavy atom. The van der Waals surface area contributed by atoms with Crippen LogP contribution in [0.15, 0.2) is 77.7 Å². The summed E-state index contributed by atoms with van der Waals surface area (Å²) >= 11 is 0. The SMILES string of the molecule is O=c1c2ccccc2n2n1-c1cccc3c1B2c1cccc2ccn-3c12. The fraction of sp³-hybridized carbons (Fsp3) is 0. The van der Waals surface area contributed by atoms with Crippen LogP contribution < -0.4 is 16.5 Å². The van der Waals surface area contributed by atoms with Crippen LogP contribution in [0.3, 0.4) is 0 Å². The summed E-state index contributed by atoms with van der Waals surface area (Å²) in [4.78, 5) is 13.2. The molecule has 4 nitrogen and oxygen atoms in total. The standard InChI is InChI=1S/C21H12BN3O/c26-21-14-6-1-2-8-16(14)25-22-15-7-3-5-13-11-12-23(20(13)15)17-9-4-10-18(19(17)22)24(21)25/h1-12H. The van der Waals surface area contributed by atoms with Crippen molar-refractivity contribution in [2.24, 2.45) is 0 Å². The first kappa shape index (κ1) is 12.8. The van der Waals surface area contributed by atoms with Gasteiger partial charge in [0, 0.05) is 22.9 Å². The number of rotatable bonds is 0. The van der Waals surface area contributed by atoms with Crippen molar-refractivity contribution in [2.75, 3.05) is 0 Å². The van der Waals surface area contributed by atoms with E-state index in [1.807, 2.05) is 35.0 Å². The zero-order valence-electron chi connectivity index (χ0n) is 13.8. The van der Waals surface area contributed by atoms with Crippen molar-refractivity contribution in [3.8, 4) is 11.4 Å². The van der Waals surface area contributed by atoms with Crippen LogP contribution in [0.1, 0.15) is 0 Å². The summed E-state index contributed by atoms with van der Waals surface area (Å²) in [5.74, 6) is 0. The summed E-state index contributed by atoms with van der Waals surface area (Å²) in [6.45, 7) is 0.0277. The number of nitrogens with zero attached hydrogens (tertiary/aromatic N) is 3. The van der Waals surface area contributed by atoms with Gasteiger partial charge in [0.25, 0.3) is 5.56 Å². The minimum atomic E-state index is 0.0277. The van der Waals surface area contributed by atoms with Crippen LogP contribution in [-0.2, 0) is 0 Å². The maximum Gasteiger partial charge on any atom is 0.353 e. The molecular weight excluding hydrogens is 321 g/mol. The van der Waals surface area contributed by atoms with Gasteiger partial charge in [-0.25, -0.2) is 4.68 Å². The first-order chi connectivity index (χ1) is 12.8. The van der Waals surface area contributed by atoms with Crippen molar-refractivity contribution in [2.45, 2.75) is 0 Å². The molecule has 0 aliphatic carbocycles. The molecule has 120 valence electrons. The third kappa shape index (κ3) is 1.21. The van der Waals surface area contributed by atoms with Gasteiger partial charge in [0.2, 0.25) is 0 Å². The molecule has 0 saturated carbocycles. The molecule has 2 aromatic heterocycles. The summed E-state index contributed by atoms with van der Waals surface area (Å²) < 4.78 is 6.30. The van der Waals surface area contributed by atoms with Crippen LogP contribution in [-0.4, -0.2) is 20.7 Å². The van der Waals surface area contributed by atoms with Crippen molar-refractivity contribution in [1.29, 1.82) is 0 Å². The first-order valence-electron chi connectivity index (χ1n) is 8.80. The van der Waals surface area contributed by atoms with E-state index in [1.54, 1.807) is 0 Å². The normalized spacial score (nSPS) is 13.5. The topological polar surface area (TPSA) is 31.9 Å². The van der Waals surface area contributed by atoms with E-state index in [4.69, 9.17) is 0 Å². The zero-order chi connectivity index (χ0) is 17.0. The molecule has 7 rings (SSSR count). The molecule has 5 heteroatoms. The van der Waals surface area contributed by atoms with Gasteiger partial charge in [-0.2, -0.15) is 0 Å². The third-order valence-electron chi connectivity index (χ3n) is 5.89. The molecule has 3 aromatic carbocycles. The van der Waals surface area contributed by atoms with Crippen LogP contribution in [0, 0.1) is 0 Å². The van der Waals surface area contributed by atoms with Gasteiger partial charge in [-0.3, -0.25) is 4.79 Å². The molecule has 26 heavy (non-hydrogen) atoms. The molecule has 0 amide bonds. The molecule has 0 saturated heterocycles. The van der Waals surface area contributed by atoms with Gasteiger partial charge in [-0.15, -0.1) is 0 Å². The summed E-state index contributed by atoms with van der Waals surface area (Å²) in [5.41, 5.74) is 6.90. The summed E-state index contributed by atoms with van der Waals surface area (Å²) in [7, 11) is 0. The number of benzene rings is 3. The molecule has 0 unspecified atom stereocenters. The van der Waals surface area contributed by atoms with Crippen LogP contribution in [0.5, 0.6) is 0 Å². The van der Waals surface area contributed by atoms with E-state index in [1.165, 1.54) is 27.5 Å². The highest BCUT2D eigenvalue weighted by Crippen LogP contribution is 2.29. The maximum atomic E-state index is 13.2. The van der Waals surface area contributed by atoms with Gasteiger partial charge >= 0.3 is 6.85 Å². The highest BCUT2D eigenvalue weighted by molar-refractivity contribution is 6.88. The van der Waals surface area contributed by atoms with E-state index in [-0.39, 0.29) is 12.4 Å². The molecule has 0 spiro atoms. The summed E-state index contributed by atoms with van der Waals surface area (Å²) in [6.07, 6.45) is 2.13. The molecule has 2 aliphatic rings. The van der Waals surface area contributed by atoms with Crippen molar-refractivity contribution >= 4 is 39.6 Å².